The van der Waals surface area contributed by atoms with Crippen molar-refractivity contribution in [3.05, 3.63) is 59.7 Å². The first-order chi connectivity index (χ1) is 15.2. The summed E-state index contributed by atoms with van der Waals surface area (Å²) >= 11 is 0. The second-order valence-corrected chi connectivity index (χ2v) is 10.4. The van der Waals surface area contributed by atoms with Crippen molar-refractivity contribution in [2.24, 2.45) is 0 Å². The van der Waals surface area contributed by atoms with Gasteiger partial charge in [0, 0.05) is 51.1 Å². The highest BCUT2D eigenvalue weighted by atomic mass is 32.2. The number of carbonyl (C=O) groups excluding carboxylic acids is 1. The van der Waals surface area contributed by atoms with Gasteiger partial charge in [-0.15, -0.1) is 0 Å². The maximum atomic E-state index is 13.5. The Balaban J connectivity index is 1.85. The van der Waals surface area contributed by atoms with E-state index in [1.807, 2.05) is 43.3 Å². The molecular weight excluding hydrogens is 426 g/mol. The van der Waals surface area contributed by atoms with Crippen molar-refractivity contribution >= 4 is 21.6 Å². The minimum absolute atomic E-state index is 0.00507. The van der Waals surface area contributed by atoms with Gasteiger partial charge >= 0.3 is 0 Å². The molecule has 1 aliphatic rings. The fraction of sp³-hybridized carbons (Fsp3) is 0.458. The Morgan fingerprint density at radius 1 is 1.16 bits per heavy atom. The molecule has 0 spiro atoms. The van der Waals surface area contributed by atoms with Gasteiger partial charge in [0.1, 0.15) is 0 Å². The van der Waals surface area contributed by atoms with E-state index in [1.54, 1.807) is 30.9 Å². The molecule has 174 valence electrons. The van der Waals surface area contributed by atoms with E-state index in [-0.39, 0.29) is 22.9 Å². The average Bonchev–Trinajstić information content (AvgIpc) is 3.25. The topological polar surface area (TPSA) is 79.0 Å². The van der Waals surface area contributed by atoms with Crippen molar-refractivity contribution in [1.82, 2.24) is 9.62 Å². The first-order valence-corrected chi connectivity index (χ1v) is 12.4. The molecule has 1 saturated heterocycles. The minimum Gasteiger partial charge on any atom is -0.378 e. The highest BCUT2D eigenvalue weighted by Gasteiger charge is 2.25. The molecule has 1 amide bonds. The van der Waals surface area contributed by atoms with Gasteiger partial charge in [0.2, 0.25) is 10.0 Å². The Bertz CT molecular complexity index is 1010. The molecule has 1 N–H and O–H groups in total. The highest BCUT2D eigenvalue weighted by Crippen LogP contribution is 2.20. The molecule has 2 aromatic carbocycles. The Morgan fingerprint density at radius 2 is 1.88 bits per heavy atom. The lowest BCUT2D eigenvalue weighted by Gasteiger charge is -2.26. The Kier molecular flexibility index (Phi) is 7.92. The summed E-state index contributed by atoms with van der Waals surface area (Å²) in [5.41, 5.74) is 2.44. The number of sulfonamides is 1. The number of carbonyl (C=O) groups is 1. The summed E-state index contributed by atoms with van der Waals surface area (Å²) in [5, 5.41) is 0. The largest absolute Gasteiger partial charge is 0.378 e. The van der Waals surface area contributed by atoms with Gasteiger partial charge in [0.15, 0.2) is 0 Å². The van der Waals surface area contributed by atoms with Crippen LogP contribution in [0.2, 0.25) is 0 Å². The molecule has 7 nitrogen and oxygen atoms in total. The summed E-state index contributed by atoms with van der Waals surface area (Å²) in [6.07, 6.45) is 1.89. The van der Waals surface area contributed by atoms with Crippen LogP contribution in [0.4, 0.5) is 5.69 Å². The summed E-state index contributed by atoms with van der Waals surface area (Å²) in [6.45, 7) is 5.12. The standard InChI is InChI=1S/C24H33N3O4S/c1-18(2)25-32(29,30)23-9-5-7-20(15-23)24(28)27(17-22-8-6-14-31-22)16-19-10-12-21(13-11-19)26(3)4/h5,7,9-13,15,18,22,25H,6,8,14,16-17H2,1-4H3. The normalized spacial score (nSPS) is 16.3. The van der Waals surface area contributed by atoms with E-state index in [2.05, 4.69) is 4.72 Å². The predicted molar refractivity (Wildman–Crippen MR) is 126 cm³/mol. The highest BCUT2D eigenvalue weighted by molar-refractivity contribution is 7.89. The smallest absolute Gasteiger partial charge is 0.254 e. The number of benzene rings is 2. The molecule has 0 saturated carbocycles. The van der Waals surface area contributed by atoms with Crippen molar-refractivity contribution in [3.8, 4) is 0 Å². The van der Waals surface area contributed by atoms with E-state index in [0.717, 1.165) is 24.1 Å². The number of nitrogens with zero attached hydrogens (tertiary/aromatic N) is 2. The third kappa shape index (κ3) is 6.31. The van der Waals surface area contributed by atoms with E-state index in [4.69, 9.17) is 4.74 Å². The SMILES string of the molecule is CC(C)NS(=O)(=O)c1cccc(C(=O)N(Cc2ccc(N(C)C)cc2)CC2CCCO2)c1. The Hall–Kier alpha value is -2.42. The van der Waals surface area contributed by atoms with Crippen molar-refractivity contribution < 1.29 is 17.9 Å². The van der Waals surface area contributed by atoms with Gasteiger partial charge < -0.3 is 14.5 Å². The number of amides is 1. The molecule has 2 aromatic rings. The van der Waals surface area contributed by atoms with Gasteiger partial charge in [0.25, 0.3) is 5.91 Å². The van der Waals surface area contributed by atoms with E-state index in [0.29, 0.717) is 25.3 Å². The van der Waals surface area contributed by atoms with Crippen LogP contribution in [0.15, 0.2) is 53.4 Å². The van der Waals surface area contributed by atoms with Crippen LogP contribution in [0, 0.1) is 0 Å². The Morgan fingerprint density at radius 3 is 2.47 bits per heavy atom. The number of anilines is 1. The van der Waals surface area contributed by atoms with Crippen LogP contribution in [0.5, 0.6) is 0 Å². The van der Waals surface area contributed by atoms with Crippen LogP contribution in [0.3, 0.4) is 0 Å². The van der Waals surface area contributed by atoms with Crippen LogP contribution in [0.1, 0.15) is 42.6 Å². The fourth-order valence-electron chi connectivity index (χ4n) is 3.73. The third-order valence-corrected chi connectivity index (χ3v) is 7.00. The predicted octanol–water partition coefficient (Wildman–Crippen LogP) is 3.26. The molecule has 8 heteroatoms. The lowest BCUT2D eigenvalue weighted by atomic mass is 10.1. The molecular formula is C24H33N3O4S. The van der Waals surface area contributed by atoms with E-state index in [9.17, 15) is 13.2 Å². The van der Waals surface area contributed by atoms with Gasteiger partial charge in [-0.05, 0) is 62.6 Å². The van der Waals surface area contributed by atoms with E-state index in [1.165, 1.54) is 12.1 Å². The summed E-state index contributed by atoms with van der Waals surface area (Å²) in [5.74, 6) is -0.209. The fourth-order valence-corrected chi connectivity index (χ4v) is 5.03. The molecule has 1 fully saturated rings. The third-order valence-electron chi connectivity index (χ3n) is 5.34. The molecule has 3 rings (SSSR count). The van der Waals surface area contributed by atoms with Crippen LogP contribution < -0.4 is 9.62 Å². The molecule has 1 atom stereocenters. The number of hydrogen-bond acceptors (Lipinski definition) is 5. The summed E-state index contributed by atoms with van der Waals surface area (Å²) in [7, 11) is 0.282. The maximum absolute atomic E-state index is 13.5. The van der Waals surface area contributed by atoms with Crippen molar-refractivity contribution in [2.45, 2.75) is 50.3 Å². The summed E-state index contributed by atoms with van der Waals surface area (Å²) < 4.78 is 33.5. The molecule has 1 unspecified atom stereocenters. The van der Waals surface area contributed by atoms with E-state index >= 15 is 0 Å². The first kappa shape index (κ1) is 24.2. The van der Waals surface area contributed by atoms with Gasteiger partial charge in [-0.1, -0.05) is 18.2 Å². The van der Waals surface area contributed by atoms with Gasteiger partial charge in [-0.2, -0.15) is 0 Å². The summed E-state index contributed by atoms with van der Waals surface area (Å²) in [4.78, 5) is 17.3. The van der Waals surface area contributed by atoms with Crippen molar-refractivity contribution in [2.75, 3.05) is 32.1 Å². The molecule has 0 aliphatic carbocycles. The number of rotatable bonds is 9. The molecule has 0 bridgehead atoms. The lowest BCUT2D eigenvalue weighted by molar-refractivity contribution is 0.0507. The monoisotopic (exact) mass is 459 g/mol. The number of ether oxygens (including phenoxy) is 1. The molecule has 32 heavy (non-hydrogen) atoms. The van der Waals surface area contributed by atoms with Crippen LogP contribution >= 0.6 is 0 Å². The van der Waals surface area contributed by atoms with Crippen LogP contribution in [0.25, 0.3) is 0 Å². The Labute approximate surface area is 191 Å². The van der Waals surface area contributed by atoms with Crippen molar-refractivity contribution in [3.63, 3.8) is 0 Å². The zero-order valence-corrected chi connectivity index (χ0v) is 20.1. The second-order valence-electron chi connectivity index (χ2n) is 8.69. The van der Waals surface area contributed by atoms with Gasteiger partial charge in [-0.3, -0.25) is 4.79 Å². The molecule has 1 aliphatic heterocycles. The van der Waals surface area contributed by atoms with Gasteiger partial charge in [-0.25, -0.2) is 13.1 Å². The quantitative estimate of drug-likeness (QED) is 0.623. The lowest BCUT2D eigenvalue weighted by Crippen LogP contribution is -2.37. The minimum atomic E-state index is -3.69. The van der Waals surface area contributed by atoms with E-state index < -0.39 is 10.0 Å². The summed E-state index contributed by atoms with van der Waals surface area (Å²) in [6, 6.07) is 14.1. The van der Waals surface area contributed by atoms with Crippen LogP contribution in [-0.2, 0) is 21.3 Å². The van der Waals surface area contributed by atoms with Gasteiger partial charge in [0.05, 0.1) is 11.0 Å². The first-order valence-electron chi connectivity index (χ1n) is 11.0. The van der Waals surface area contributed by atoms with Crippen LogP contribution in [-0.4, -0.2) is 58.6 Å². The number of nitrogens with one attached hydrogen (secondary N) is 1. The van der Waals surface area contributed by atoms with Crippen molar-refractivity contribution in [1.29, 1.82) is 0 Å². The second kappa shape index (κ2) is 10.5. The molecule has 1 heterocycles. The zero-order chi connectivity index (χ0) is 23.3. The zero-order valence-electron chi connectivity index (χ0n) is 19.2. The maximum Gasteiger partial charge on any atom is 0.254 e. The molecule has 0 radical (unpaired) electrons. The number of hydrogen-bond donors (Lipinski definition) is 1. The average molecular weight is 460 g/mol. The molecule has 0 aromatic heterocycles.